The minimum absolute atomic E-state index is 0.0103. The van der Waals surface area contributed by atoms with Gasteiger partial charge in [0.2, 0.25) is 0 Å². The number of aliphatic hydroxyl groups is 2. The average Bonchev–Trinajstić information content (AvgIpc) is 3.69. The number of H-pyrrole nitrogens is 1. The lowest BCUT2D eigenvalue weighted by Gasteiger charge is -2.26. The lowest BCUT2D eigenvalue weighted by molar-refractivity contribution is -0.178. The third-order valence-corrected chi connectivity index (χ3v) is 8.51. The van der Waals surface area contributed by atoms with E-state index < -0.39 is 69.1 Å². The van der Waals surface area contributed by atoms with Crippen LogP contribution in [0.15, 0.2) is 36.0 Å². The zero-order valence-electron chi connectivity index (χ0n) is 21.0. The van der Waals surface area contributed by atoms with Crippen molar-refractivity contribution in [3.8, 4) is 0 Å². The lowest BCUT2D eigenvalue weighted by Crippen LogP contribution is -2.37. The van der Waals surface area contributed by atoms with Crippen molar-refractivity contribution in [1.29, 1.82) is 0 Å². The minimum Gasteiger partial charge on any atom is -0.388 e. The number of hydrogen-bond acceptors (Lipinski definition) is 14. The van der Waals surface area contributed by atoms with Gasteiger partial charge in [-0.1, -0.05) is 0 Å². The molecule has 2 unspecified atom stereocenters. The predicted octanol–water partition coefficient (Wildman–Crippen LogP) is -0.840. The third-order valence-electron chi connectivity index (χ3n) is 7.52. The van der Waals surface area contributed by atoms with E-state index >= 15 is 0 Å². The van der Waals surface area contributed by atoms with E-state index in [0.717, 1.165) is 0 Å². The van der Waals surface area contributed by atoms with E-state index in [9.17, 15) is 24.5 Å². The van der Waals surface area contributed by atoms with Gasteiger partial charge < -0.3 is 44.6 Å². The molecule has 0 spiro atoms. The number of imidazole rings is 2. The minimum atomic E-state index is -4.84. The molecular weight excluding hydrogens is 567 g/mol. The van der Waals surface area contributed by atoms with Crippen LogP contribution in [0.5, 0.6) is 0 Å². The predicted molar refractivity (Wildman–Crippen MR) is 135 cm³/mol. The molecule has 18 nitrogen and oxygen atoms in total. The molecule has 0 radical (unpaired) electrons. The highest BCUT2D eigenvalue weighted by Gasteiger charge is 2.52. The summed E-state index contributed by atoms with van der Waals surface area (Å²) in [4.78, 5) is 41.7. The Bertz CT molecular complexity index is 1710. The van der Waals surface area contributed by atoms with Gasteiger partial charge in [-0.3, -0.25) is 18.4 Å². The molecule has 7 rings (SSSR count). The summed E-state index contributed by atoms with van der Waals surface area (Å²) >= 11 is 0. The maximum absolute atomic E-state index is 13.1. The summed E-state index contributed by atoms with van der Waals surface area (Å²) in [5.74, 6) is -0.476. The number of nitrogen functional groups attached to an aromatic ring is 1. The van der Waals surface area contributed by atoms with E-state index in [1.165, 1.54) is 34.3 Å². The number of aliphatic hydroxyl groups excluding tert-OH is 2. The summed E-state index contributed by atoms with van der Waals surface area (Å²) in [5, 5.41) is 22.2. The first-order chi connectivity index (χ1) is 19.7. The first-order valence-electron chi connectivity index (χ1n) is 12.6. The molecule has 6 N–H and O–H groups in total. The van der Waals surface area contributed by atoms with E-state index in [2.05, 4.69) is 24.9 Å². The molecule has 41 heavy (non-hydrogen) atoms. The summed E-state index contributed by atoms with van der Waals surface area (Å²) in [6.45, 7) is -0.423. The number of nitrogens with two attached hydrogens (primary N) is 1. The third kappa shape index (κ3) is 4.44. The second-order valence-corrected chi connectivity index (χ2v) is 11.3. The van der Waals surface area contributed by atoms with Crippen molar-refractivity contribution in [2.45, 2.75) is 49.6 Å². The molecule has 0 aromatic carbocycles. The first-order valence-corrected chi connectivity index (χ1v) is 14.1. The summed E-state index contributed by atoms with van der Waals surface area (Å²) < 4.78 is 44.5. The van der Waals surface area contributed by atoms with Gasteiger partial charge in [0.05, 0.1) is 37.5 Å². The Morgan fingerprint density at radius 1 is 1.05 bits per heavy atom. The van der Waals surface area contributed by atoms with Crippen molar-refractivity contribution < 1.29 is 42.9 Å². The van der Waals surface area contributed by atoms with Crippen LogP contribution in [0.1, 0.15) is 18.9 Å². The number of nitrogens with zero attached hydrogens (tertiary/aromatic N) is 6. The Kier molecular flexibility index (Phi) is 6.42. The van der Waals surface area contributed by atoms with Gasteiger partial charge in [0, 0.05) is 12.1 Å². The highest BCUT2D eigenvalue weighted by atomic mass is 31.2. The van der Waals surface area contributed by atoms with Crippen LogP contribution in [0, 0.1) is 5.92 Å². The van der Waals surface area contributed by atoms with Crippen molar-refractivity contribution in [1.82, 2.24) is 34.1 Å². The zero-order valence-corrected chi connectivity index (χ0v) is 21.9. The topological polar surface area (TPSA) is 244 Å². The molecule has 9 atom stereocenters. The fraction of sp³-hybridized carbons (Fsp3) is 0.500. The largest absolute Gasteiger partial charge is 0.472 e. The summed E-state index contributed by atoms with van der Waals surface area (Å²) in [6, 6.07) is 1.56. The fourth-order valence-corrected chi connectivity index (χ4v) is 6.48. The molecule has 0 saturated carbocycles. The molecule has 4 aromatic rings. The quantitative estimate of drug-likeness (QED) is 0.178. The average molecular weight is 592 g/mol. The Morgan fingerprint density at radius 3 is 2.71 bits per heavy atom. The molecule has 2 bridgehead atoms. The Morgan fingerprint density at radius 2 is 1.85 bits per heavy atom. The van der Waals surface area contributed by atoms with Crippen molar-refractivity contribution >= 4 is 35.8 Å². The molecular formula is C22H25N8O10P. The van der Waals surface area contributed by atoms with Gasteiger partial charge in [-0.15, -0.1) is 0 Å². The molecule has 4 aromatic heterocycles. The van der Waals surface area contributed by atoms with Crippen LogP contribution in [0.25, 0.3) is 22.2 Å². The number of ether oxygens (including phenoxy) is 3. The van der Waals surface area contributed by atoms with Crippen LogP contribution in [0.2, 0.25) is 0 Å². The van der Waals surface area contributed by atoms with Crippen LogP contribution < -0.4 is 11.3 Å². The normalized spacial score (nSPS) is 36.3. The SMILES string of the molecule is Nc1ncnc2c1ncn2[C@@H]1O[C@@H]2COP(=O)(O)O[C@@H]3[C@H](O)C(OCC[C@H]2[C@H]1O)O[C@H]3n1cnc2c(=O)[nH]ccc21. The van der Waals surface area contributed by atoms with Gasteiger partial charge in [0.1, 0.15) is 30.2 Å². The fourth-order valence-electron chi connectivity index (χ4n) is 5.54. The second-order valence-electron chi connectivity index (χ2n) is 9.87. The van der Waals surface area contributed by atoms with Gasteiger partial charge in [-0.05, 0) is 12.5 Å². The van der Waals surface area contributed by atoms with E-state index in [1.54, 1.807) is 6.07 Å². The van der Waals surface area contributed by atoms with Crippen LogP contribution in [0.3, 0.4) is 0 Å². The molecule has 0 aliphatic carbocycles. The van der Waals surface area contributed by atoms with Crippen molar-refractivity contribution in [2.24, 2.45) is 5.92 Å². The smallest absolute Gasteiger partial charge is 0.388 e. The number of nitrogens with one attached hydrogen (secondary N) is 1. The van der Waals surface area contributed by atoms with Gasteiger partial charge >= 0.3 is 7.82 Å². The highest BCUT2D eigenvalue weighted by molar-refractivity contribution is 7.47. The van der Waals surface area contributed by atoms with Gasteiger partial charge in [-0.2, -0.15) is 0 Å². The van der Waals surface area contributed by atoms with Gasteiger partial charge in [0.15, 0.2) is 35.7 Å². The maximum Gasteiger partial charge on any atom is 0.472 e. The van der Waals surface area contributed by atoms with Gasteiger partial charge in [0.25, 0.3) is 5.56 Å². The van der Waals surface area contributed by atoms with Crippen LogP contribution in [0.4, 0.5) is 5.82 Å². The van der Waals surface area contributed by atoms with Crippen molar-refractivity contribution in [2.75, 3.05) is 18.9 Å². The molecule has 7 heterocycles. The molecule has 19 heteroatoms. The van der Waals surface area contributed by atoms with Crippen molar-refractivity contribution in [3.05, 3.63) is 41.6 Å². The number of aromatic nitrogens is 7. The number of pyridine rings is 1. The number of rotatable bonds is 2. The first kappa shape index (κ1) is 26.6. The number of phosphoric ester groups is 1. The lowest BCUT2D eigenvalue weighted by atomic mass is 9.95. The highest BCUT2D eigenvalue weighted by Crippen LogP contribution is 2.51. The summed E-state index contributed by atoms with van der Waals surface area (Å²) in [6.07, 6.45) is -2.81. The zero-order chi connectivity index (χ0) is 28.5. The Balaban J connectivity index is 1.16. The van der Waals surface area contributed by atoms with E-state index in [4.69, 9.17) is 29.0 Å². The Hall–Kier alpha value is -3.32. The van der Waals surface area contributed by atoms with E-state index in [0.29, 0.717) is 16.7 Å². The van der Waals surface area contributed by atoms with E-state index in [1.807, 2.05) is 0 Å². The molecule has 218 valence electrons. The number of phosphoric acid groups is 1. The molecule has 0 amide bonds. The summed E-state index contributed by atoms with van der Waals surface area (Å²) in [7, 11) is -4.84. The van der Waals surface area contributed by atoms with Crippen molar-refractivity contribution in [3.63, 3.8) is 0 Å². The molecule has 3 aliphatic rings. The summed E-state index contributed by atoms with van der Waals surface area (Å²) in [5.41, 5.74) is 6.53. The molecule has 3 fully saturated rings. The molecule has 3 aliphatic heterocycles. The van der Waals surface area contributed by atoms with Crippen LogP contribution in [-0.4, -0.2) is 93.1 Å². The Labute approximate surface area is 229 Å². The second kappa shape index (κ2) is 9.90. The number of fused-ring (bicyclic) bond motifs is 5. The van der Waals surface area contributed by atoms with Crippen LogP contribution in [-0.2, 0) is 27.8 Å². The standard InChI is InChI=1S/C22H25N8O10P/c23-17-13-18(26-6-25-17)30(8-28-13)20-14(31)9-2-4-36-22-15(32)16(40-41(34,35)37-5-11(9)38-20)21(39-22)29-7-27-12-10(29)1-3-24-19(12)33/h1,3,6-9,11,14-16,20-22,31-32H,2,4-5H2,(H,24,33)(H,34,35)(H2,23,25,26)/t9-,11-,14-,15+,16-,20-,21-,22?/m1/s1. The monoisotopic (exact) mass is 592 g/mol. The molecule has 3 saturated heterocycles. The van der Waals surface area contributed by atoms with Crippen LogP contribution >= 0.6 is 7.82 Å². The van der Waals surface area contributed by atoms with E-state index in [-0.39, 0.29) is 24.4 Å². The van der Waals surface area contributed by atoms with Gasteiger partial charge in [-0.25, -0.2) is 24.5 Å². The number of hydrogen-bond donors (Lipinski definition) is 5. The number of aromatic amines is 1. The maximum atomic E-state index is 13.1. The number of anilines is 1.